The predicted octanol–water partition coefficient (Wildman–Crippen LogP) is 6.80. The van der Waals surface area contributed by atoms with Gasteiger partial charge in [0.25, 0.3) is 0 Å². The maximum absolute atomic E-state index is 6.11. The zero-order chi connectivity index (χ0) is 24.3. The number of allylic oxidation sites excluding steroid dienone is 3. The van der Waals surface area contributed by atoms with Gasteiger partial charge in [0.05, 0.1) is 30.0 Å². The van der Waals surface area contributed by atoms with Gasteiger partial charge in [0.15, 0.2) is 17.3 Å². The standard InChI is InChI=1S/C26H26Cl2N2O4/c1-4-24(31-2)25(32-3)17-19-16-21(12-13-29-19)34-20-10-8-18(9-11-20)30-14-15-33-26-22(27)6-5-7-23(26)28/h4-13,17,30H,1,14-16H2,2-3H3/b19-17+,25-24-. The molecule has 1 aliphatic rings. The summed E-state index contributed by atoms with van der Waals surface area (Å²) in [6.07, 6.45) is 7.43. The van der Waals surface area contributed by atoms with Crippen LogP contribution in [0.2, 0.25) is 10.0 Å². The van der Waals surface area contributed by atoms with E-state index >= 15 is 0 Å². The van der Waals surface area contributed by atoms with Crippen molar-refractivity contribution in [3.63, 3.8) is 0 Å². The molecule has 34 heavy (non-hydrogen) atoms. The third-order valence-electron chi connectivity index (χ3n) is 4.72. The first-order valence-corrected chi connectivity index (χ1v) is 11.3. The zero-order valence-corrected chi connectivity index (χ0v) is 20.5. The van der Waals surface area contributed by atoms with Gasteiger partial charge in [-0.3, -0.25) is 4.99 Å². The topological polar surface area (TPSA) is 61.3 Å². The Balaban J connectivity index is 1.52. The largest absolute Gasteiger partial charge is 0.493 e. The molecule has 3 rings (SSSR count). The van der Waals surface area contributed by atoms with Crippen molar-refractivity contribution in [3.05, 3.63) is 100 Å². The minimum atomic E-state index is 0.414. The lowest BCUT2D eigenvalue weighted by molar-refractivity contribution is 0.241. The average Bonchev–Trinajstić information content (AvgIpc) is 2.84. The van der Waals surface area contributed by atoms with Gasteiger partial charge in [0.2, 0.25) is 0 Å². The van der Waals surface area contributed by atoms with Crippen molar-refractivity contribution in [3.8, 4) is 11.5 Å². The van der Waals surface area contributed by atoms with Crippen LogP contribution < -0.4 is 14.8 Å². The summed E-state index contributed by atoms with van der Waals surface area (Å²) in [5.41, 5.74) is 1.72. The number of rotatable bonds is 11. The van der Waals surface area contributed by atoms with E-state index in [1.807, 2.05) is 30.3 Å². The van der Waals surface area contributed by atoms with E-state index in [4.69, 9.17) is 42.1 Å². The molecule has 0 amide bonds. The first-order valence-electron chi connectivity index (χ1n) is 10.5. The van der Waals surface area contributed by atoms with Crippen LogP contribution in [0.1, 0.15) is 6.42 Å². The maximum Gasteiger partial charge on any atom is 0.162 e. The van der Waals surface area contributed by atoms with E-state index < -0.39 is 0 Å². The highest BCUT2D eigenvalue weighted by molar-refractivity contribution is 6.37. The monoisotopic (exact) mass is 500 g/mol. The summed E-state index contributed by atoms with van der Waals surface area (Å²) in [4.78, 5) is 4.39. The van der Waals surface area contributed by atoms with Crippen LogP contribution >= 0.6 is 23.2 Å². The van der Waals surface area contributed by atoms with Crippen molar-refractivity contribution in [1.29, 1.82) is 0 Å². The number of hydrogen-bond donors (Lipinski definition) is 1. The Bertz CT molecular complexity index is 1100. The molecule has 1 heterocycles. The molecule has 0 unspecified atom stereocenters. The van der Waals surface area contributed by atoms with Gasteiger partial charge in [-0.15, -0.1) is 0 Å². The Kier molecular flexibility index (Phi) is 9.50. The lowest BCUT2D eigenvalue weighted by Crippen LogP contribution is -2.11. The molecule has 1 N–H and O–H groups in total. The van der Waals surface area contributed by atoms with Gasteiger partial charge in [-0.2, -0.15) is 0 Å². The van der Waals surface area contributed by atoms with E-state index in [0.29, 0.717) is 46.9 Å². The molecule has 0 aliphatic carbocycles. The Labute approximate surface area is 209 Å². The number of hydrogen-bond acceptors (Lipinski definition) is 6. The molecule has 2 aromatic rings. The quantitative estimate of drug-likeness (QED) is 0.209. The minimum absolute atomic E-state index is 0.414. The molecule has 2 aromatic carbocycles. The van der Waals surface area contributed by atoms with Crippen molar-refractivity contribution >= 4 is 35.1 Å². The zero-order valence-electron chi connectivity index (χ0n) is 19.0. The van der Waals surface area contributed by atoms with E-state index in [2.05, 4.69) is 16.9 Å². The maximum atomic E-state index is 6.11. The molecule has 6 nitrogen and oxygen atoms in total. The second kappa shape index (κ2) is 12.8. The van der Waals surface area contributed by atoms with Gasteiger partial charge in [0.1, 0.15) is 18.1 Å². The van der Waals surface area contributed by atoms with Crippen molar-refractivity contribution in [2.24, 2.45) is 4.99 Å². The number of anilines is 1. The smallest absolute Gasteiger partial charge is 0.162 e. The van der Waals surface area contributed by atoms with Gasteiger partial charge in [-0.05, 0) is 48.6 Å². The third kappa shape index (κ3) is 7.07. The van der Waals surface area contributed by atoms with Gasteiger partial charge in [-0.25, -0.2) is 0 Å². The Morgan fingerprint density at radius 1 is 1.06 bits per heavy atom. The number of dihydropyridines is 1. The van der Waals surface area contributed by atoms with E-state index in [9.17, 15) is 0 Å². The molecule has 8 heteroatoms. The molecule has 0 spiro atoms. The molecular formula is C26H26Cl2N2O4. The third-order valence-corrected chi connectivity index (χ3v) is 5.32. The molecule has 0 aromatic heterocycles. The van der Waals surface area contributed by atoms with E-state index in [0.717, 1.165) is 22.9 Å². The summed E-state index contributed by atoms with van der Waals surface area (Å²) < 4.78 is 22.4. The van der Waals surface area contributed by atoms with Gasteiger partial charge in [-0.1, -0.05) is 35.8 Å². The highest BCUT2D eigenvalue weighted by Crippen LogP contribution is 2.32. The number of aliphatic imine (C=N–C) groups is 1. The first kappa shape index (κ1) is 25.3. The molecular weight excluding hydrogens is 475 g/mol. The molecule has 0 saturated heterocycles. The molecule has 0 fully saturated rings. The summed E-state index contributed by atoms with van der Waals surface area (Å²) in [7, 11) is 3.13. The van der Waals surface area contributed by atoms with Crippen LogP contribution in [-0.2, 0) is 9.47 Å². The number of benzene rings is 2. The van der Waals surface area contributed by atoms with Crippen LogP contribution in [0.4, 0.5) is 5.69 Å². The number of ether oxygens (including phenoxy) is 4. The van der Waals surface area contributed by atoms with Crippen LogP contribution in [0, 0.1) is 0 Å². The van der Waals surface area contributed by atoms with E-state index in [1.54, 1.807) is 50.8 Å². The van der Waals surface area contributed by atoms with Gasteiger partial charge < -0.3 is 24.3 Å². The normalized spacial score (nSPS) is 14.7. The van der Waals surface area contributed by atoms with Crippen LogP contribution in [0.3, 0.4) is 0 Å². The van der Waals surface area contributed by atoms with Crippen molar-refractivity contribution in [2.45, 2.75) is 6.42 Å². The lowest BCUT2D eigenvalue weighted by atomic mass is 10.2. The second-order valence-corrected chi connectivity index (χ2v) is 7.83. The first-order chi connectivity index (χ1) is 16.5. The summed E-state index contributed by atoms with van der Waals surface area (Å²) >= 11 is 12.2. The van der Waals surface area contributed by atoms with E-state index in [-0.39, 0.29) is 0 Å². The number of nitrogens with one attached hydrogen (secondary N) is 1. The van der Waals surface area contributed by atoms with Crippen LogP contribution in [0.25, 0.3) is 0 Å². The fraction of sp³-hybridized carbons (Fsp3) is 0.192. The Morgan fingerprint density at radius 3 is 2.41 bits per heavy atom. The minimum Gasteiger partial charge on any atom is -0.493 e. The summed E-state index contributed by atoms with van der Waals surface area (Å²) in [5.74, 6) is 3.05. The molecule has 0 atom stereocenters. The fourth-order valence-electron chi connectivity index (χ4n) is 3.09. The van der Waals surface area contributed by atoms with Crippen molar-refractivity contribution in [2.75, 3.05) is 32.7 Å². The number of nitrogens with zero attached hydrogens (tertiary/aromatic N) is 1. The molecule has 178 valence electrons. The second-order valence-electron chi connectivity index (χ2n) is 7.02. The number of methoxy groups -OCH3 is 2. The molecule has 0 bridgehead atoms. The van der Waals surface area contributed by atoms with Crippen molar-refractivity contribution in [1.82, 2.24) is 0 Å². The van der Waals surface area contributed by atoms with Crippen LogP contribution in [0.5, 0.6) is 11.5 Å². The molecule has 0 radical (unpaired) electrons. The summed E-state index contributed by atoms with van der Waals surface area (Å²) in [6, 6.07) is 12.9. The fourth-order valence-corrected chi connectivity index (χ4v) is 3.59. The number of halogens is 2. The highest BCUT2D eigenvalue weighted by atomic mass is 35.5. The Morgan fingerprint density at radius 2 is 1.76 bits per heavy atom. The van der Waals surface area contributed by atoms with Crippen LogP contribution in [0.15, 0.2) is 95.2 Å². The number of para-hydroxylation sites is 1. The van der Waals surface area contributed by atoms with Crippen molar-refractivity contribution < 1.29 is 18.9 Å². The highest BCUT2D eigenvalue weighted by Gasteiger charge is 2.11. The van der Waals surface area contributed by atoms with Gasteiger partial charge in [0, 0.05) is 30.9 Å². The van der Waals surface area contributed by atoms with E-state index in [1.165, 1.54) is 0 Å². The average molecular weight is 501 g/mol. The molecule has 0 saturated carbocycles. The molecule has 1 aliphatic heterocycles. The summed E-state index contributed by atoms with van der Waals surface area (Å²) in [5, 5.41) is 4.27. The van der Waals surface area contributed by atoms with Crippen LogP contribution in [-0.4, -0.2) is 33.6 Å². The lowest BCUT2D eigenvalue weighted by Gasteiger charge is -2.15. The Hall–Kier alpha value is -3.35. The predicted molar refractivity (Wildman–Crippen MR) is 138 cm³/mol. The summed E-state index contributed by atoms with van der Waals surface area (Å²) in [6.45, 7) is 4.73. The SMILES string of the molecule is C=C/C(OC)=C(\C=C1/CC(Oc2ccc(NCCOc3c(Cl)cccc3Cl)cc2)=CC=N1)OC. The van der Waals surface area contributed by atoms with Gasteiger partial charge >= 0.3 is 0 Å².